The highest BCUT2D eigenvalue weighted by Crippen LogP contribution is 2.07. The zero-order valence-corrected chi connectivity index (χ0v) is 10.0. The molecule has 1 aromatic carbocycles. The van der Waals surface area contributed by atoms with Crippen molar-refractivity contribution in [3.05, 3.63) is 39.5 Å². The van der Waals surface area contributed by atoms with Crippen LogP contribution >= 0.6 is 22.6 Å². The molecule has 0 aliphatic heterocycles. The third-order valence-electron chi connectivity index (χ3n) is 1.56. The molecule has 1 aromatic rings. The number of rotatable bonds is 3. The summed E-state index contributed by atoms with van der Waals surface area (Å²) in [7, 11) is 0. The second-order valence-corrected chi connectivity index (χ2v) is 4.00. The maximum Gasteiger partial charge on any atom is 0.302 e. The molecule has 0 saturated carbocycles. The van der Waals surface area contributed by atoms with Gasteiger partial charge in [0.2, 0.25) is 0 Å². The zero-order valence-electron chi connectivity index (χ0n) is 7.87. The molecule has 2 nitrogen and oxygen atoms in total. The largest absolute Gasteiger partial charge is 0.462 e. The first-order valence-electron chi connectivity index (χ1n) is 4.24. The molecule has 0 saturated heterocycles. The minimum absolute atomic E-state index is 0.253. The van der Waals surface area contributed by atoms with Gasteiger partial charge in [-0.2, -0.15) is 0 Å². The van der Waals surface area contributed by atoms with Crippen LogP contribution in [0.3, 0.4) is 0 Å². The third kappa shape index (κ3) is 4.41. The molecule has 14 heavy (non-hydrogen) atoms. The summed E-state index contributed by atoms with van der Waals surface area (Å²) in [5, 5.41) is 0. The van der Waals surface area contributed by atoms with Crippen molar-refractivity contribution >= 4 is 34.6 Å². The molecule has 0 heterocycles. The van der Waals surface area contributed by atoms with E-state index in [2.05, 4.69) is 22.6 Å². The van der Waals surface area contributed by atoms with Gasteiger partial charge in [0, 0.05) is 10.5 Å². The number of carbonyl (C=O) groups excluding carboxylic acids is 1. The fourth-order valence-corrected chi connectivity index (χ4v) is 1.28. The van der Waals surface area contributed by atoms with Crippen molar-refractivity contribution in [2.24, 2.45) is 0 Å². The van der Waals surface area contributed by atoms with Crippen molar-refractivity contribution in [1.82, 2.24) is 0 Å². The lowest BCUT2D eigenvalue weighted by Gasteiger charge is -1.95. The summed E-state index contributed by atoms with van der Waals surface area (Å²) in [6, 6.07) is 8.11. The molecule has 3 heteroatoms. The highest BCUT2D eigenvalue weighted by Gasteiger charge is 1.89. The van der Waals surface area contributed by atoms with Gasteiger partial charge in [0.25, 0.3) is 0 Å². The molecule has 1 rings (SSSR count). The standard InChI is InChI=1S/C11H11IO2/c1-9(13)14-8-2-3-10-4-6-11(12)7-5-10/h2-7H,8H2,1H3/b3-2+. The van der Waals surface area contributed by atoms with Crippen LogP contribution in [0.1, 0.15) is 12.5 Å². The lowest BCUT2D eigenvalue weighted by molar-refractivity contribution is -0.139. The fourth-order valence-electron chi connectivity index (χ4n) is 0.924. The molecular weight excluding hydrogens is 291 g/mol. The smallest absolute Gasteiger partial charge is 0.302 e. The number of hydrogen-bond donors (Lipinski definition) is 0. The van der Waals surface area contributed by atoms with Crippen LogP contribution in [0.4, 0.5) is 0 Å². The van der Waals surface area contributed by atoms with Crippen LogP contribution in [-0.2, 0) is 9.53 Å². The van der Waals surface area contributed by atoms with Crippen molar-refractivity contribution in [2.45, 2.75) is 6.92 Å². The number of carbonyl (C=O) groups is 1. The van der Waals surface area contributed by atoms with Gasteiger partial charge in [0.1, 0.15) is 6.61 Å². The van der Waals surface area contributed by atoms with Crippen molar-refractivity contribution in [3.63, 3.8) is 0 Å². The third-order valence-corrected chi connectivity index (χ3v) is 2.28. The van der Waals surface area contributed by atoms with E-state index in [4.69, 9.17) is 4.74 Å². The quantitative estimate of drug-likeness (QED) is 0.634. The van der Waals surface area contributed by atoms with E-state index < -0.39 is 0 Å². The highest BCUT2D eigenvalue weighted by molar-refractivity contribution is 14.1. The number of benzene rings is 1. The Balaban J connectivity index is 2.44. The van der Waals surface area contributed by atoms with Gasteiger partial charge in [-0.1, -0.05) is 18.2 Å². The topological polar surface area (TPSA) is 26.3 Å². The second kappa shape index (κ2) is 5.80. The molecular formula is C11H11IO2. The maximum atomic E-state index is 10.4. The second-order valence-electron chi connectivity index (χ2n) is 2.76. The van der Waals surface area contributed by atoms with Gasteiger partial charge < -0.3 is 4.74 Å². The SMILES string of the molecule is CC(=O)OC/C=C/c1ccc(I)cc1. The predicted molar refractivity (Wildman–Crippen MR) is 64.8 cm³/mol. The molecule has 0 amide bonds. The summed E-state index contributed by atoms with van der Waals surface area (Å²) in [4.78, 5) is 10.4. The van der Waals surface area contributed by atoms with Crippen LogP contribution in [0.25, 0.3) is 6.08 Å². The van der Waals surface area contributed by atoms with Crippen LogP contribution in [-0.4, -0.2) is 12.6 Å². The van der Waals surface area contributed by atoms with Crippen LogP contribution < -0.4 is 0 Å². The number of hydrogen-bond acceptors (Lipinski definition) is 2. The Kier molecular flexibility index (Phi) is 4.65. The van der Waals surface area contributed by atoms with Crippen molar-refractivity contribution in [1.29, 1.82) is 0 Å². The van der Waals surface area contributed by atoms with Crippen LogP contribution in [0.15, 0.2) is 30.3 Å². The summed E-state index contributed by atoms with van der Waals surface area (Å²) in [5.41, 5.74) is 1.11. The van der Waals surface area contributed by atoms with Gasteiger partial charge in [-0.25, -0.2) is 0 Å². The van der Waals surface area contributed by atoms with Gasteiger partial charge in [-0.05, 0) is 46.4 Å². The molecule has 0 aromatic heterocycles. The van der Waals surface area contributed by atoms with E-state index in [9.17, 15) is 4.79 Å². The molecule has 0 aliphatic rings. The average molecular weight is 302 g/mol. The Labute approximate surface area is 97.1 Å². The molecule has 0 N–H and O–H groups in total. The first-order chi connectivity index (χ1) is 6.68. The Morgan fingerprint density at radius 1 is 1.43 bits per heavy atom. The van der Waals surface area contributed by atoms with Crippen molar-refractivity contribution < 1.29 is 9.53 Å². The average Bonchev–Trinajstić information content (AvgIpc) is 2.15. The van der Waals surface area contributed by atoms with E-state index in [0.717, 1.165) is 5.56 Å². The summed E-state index contributed by atoms with van der Waals surface area (Å²) in [6.45, 7) is 1.74. The van der Waals surface area contributed by atoms with Crippen molar-refractivity contribution in [2.75, 3.05) is 6.61 Å². The van der Waals surface area contributed by atoms with Gasteiger partial charge in [0.05, 0.1) is 0 Å². The van der Waals surface area contributed by atoms with Gasteiger partial charge >= 0.3 is 5.97 Å². The fraction of sp³-hybridized carbons (Fsp3) is 0.182. The molecule has 0 bridgehead atoms. The molecule has 0 atom stereocenters. The molecule has 0 spiro atoms. The van der Waals surface area contributed by atoms with Crippen molar-refractivity contribution in [3.8, 4) is 0 Å². The number of halogens is 1. The summed E-state index contributed by atoms with van der Waals surface area (Å²) in [6.07, 6.45) is 3.75. The number of esters is 1. The van der Waals surface area contributed by atoms with Gasteiger partial charge in [0.15, 0.2) is 0 Å². The lowest BCUT2D eigenvalue weighted by atomic mass is 10.2. The van der Waals surface area contributed by atoms with E-state index in [1.54, 1.807) is 0 Å². The van der Waals surface area contributed by atoms with E-state index in [1.165, 1.54) is 10.5 Å². The van der Waals surface area contributed by atoms with E-state index in [1.807, 2.05) is 36.4 Å². The highest BCUT2D eigenvalue weighted by atomic mass is 127. The minimum atomic E-state index is -0.253. The Hall–Kier alpha value is -0.840. The first-order valence-corrected chi connectivity index (χ1v) is 5.32. The first kappa shape index (κ1) is 11.2. The molecule has 74 valence electrons. The van der Waals surface area contributed by atoms with Gasteiger partial charge in [-0.3, -0.25) is 4.79 Å². The molecule has 0 fully saturated rings. The minimum Gasteiger partial charge on any atom is -0.462 e. The summed E-state index contributed by atoms with van der Waals surface area (Å²) >= 11 is 2.26. The Morgan fingerprint density at radius 3 is 2.64 bits per heavy atom. The zero-order chi connectivity index (χ0) is 10.4. The van der Waals surface area contributed by atoms with Gasteiger partial charge in [-0.15, -0.1) is 0 Å². The van der Waals surface area contributed by atoms with E-state index in [0.29, 0.717) is 6.61 Å². The lowest BCUT2D eigenvalue weighted by Crippen LogP contribution is -1.97. The van der Waals surface area contributed by atoms with Crippen LogP contribution in [0.2, 0.25) is 0 Å². The summed E-state index contributed by atoms with van der Waals surface area (Å²) in [5.74, 6) is -0.253. The molecule has 0 aliphatic carbocycles. The predicted octanol–water partition coefficient (Wildman–Crippen LogP) is 2.87. The number of ether oxygens (including phenoxy) is 1. The Bertz CT molecular complexity index is 328. The molecule has 0 radical (unpaired) electrons. The monoisotopic (exact) mass is 302 g/mol. The maximum absolute atomic E-state index is 10.4. The summed E-state index contributed by atoms with van der Waals surface area (Å²) < 4.78 is 5.97. The normalized spacial score (nSPS) is 10.4. The van der Waals surface area contributed by atoms with Crippen LogP contribution in [0, 0.1) is 3.57 Å². The van der Waals surface area contributed by atoms with E-state index >= 15 is 0 Å². The van der Waals surface area contributed by atoms with Crippen LogP contribution in [0.5, 0.6) is 0 Å². The van der Waals surface area contributed by atoms with E-state index in [-0.39, 0.29) is 5.97 Å². The Morgan fingerprint density at radius 2 is 2.07 bits per heavy atom. The molecule has 0 unspecified atom stereocenters.